The molecule has 8 heteroatoms. The highest BCUT2D eigenvalue weighted by Crippen LogP contribution is 2.34. The molecule has 1 saturated heterocycles. The number of likely N-dealkylation sites (tertiary alicyclic amines) is 1. The first-order valence-corrected chi connectivity index (χ1v) is 8.58. The van der Waals surface area contributed by atoms with Crippen LogP contribution >= 0.6 is 15.9 Å². The van der Waals surface area contributed by atoms with Crippen molar-refractivity contribution in [2.45, 2.75) is 44.9 Å². The SMILES string of the molecule is CO[C@@H]1CC(c2cn3cc(Br)ncc3n2)N(C(=O)OC(C)(C)C)C1. The normalized spacial score (nSPS) is 21.5. The average Bonchev–Trinajstić information content (AvgIpc) is 3.08. The van der Waals surface area contributed by atoms with Gasteiger partial charge in [-0.25, -0.2) is 14.8 Å². The largest absolute Gasteiger partial charge is 0.444 e. The Balaban J connectivity index is 1.91. The van der Waals surface area contributed by atoms with Crippen LogP contribution in [-0.4, -0.2) is 50.7 Å². The lowest BCUT2D eigenvalue weighted by Gasteiger charge is -2.27. The van der Waals surface area contributed by atoms with Crippen molar-refractivity contribution < 1.29 is 14.3 Å². The van der Waals surface area contributed by atoms with E-state index in [1.54, 1.807) is 18.2 Å². The second kappa shape index (κ2) is 6.33. The van der Waals surface area contributed by atoms with Crippen molar-refractivity contribution in [3.05, 3.63) is 28.9 Å². The van der Waals surface area contributed by atoms with Crippen LogP contribution in [0.1, 0.15) is 38.9 Å². The molecule has 2 atom stereocenters. The van der Waals surface area contributed by atoms with Crippen molar-refractivity contribution in [3.8, 4) is 0 Å². The first kappa shape index (κ1) is 17.2. The van der Waals surface area contributed by atoms with Crippen LogP contribution in [0.3, 0.4) is 0 Å². The van der Waals surface area contributed by atoms with Gasteiger partial charge in [0, 0.05) is 25.9 Å². The molecule has 0 radical (unpaired) electrons. The maximum Gasteiger partial charge on any atom is 0.410 e. The van der Waals surface area contributed by atoms with E-state index in [9.17, 15) is 4.79 Å². The second-order valence-electron chi connectivity index (χ2n) is 6.88. The van der Waals surface area contributed by atoms with Gasteiger partial charge < -0.3 is 13.9 Å². The van der Waals surface area contributed by atoms with Gasteiger partial charge in [-0.3, -0.25) is 4.90 Å². The van der Waals surface area contributed by atoms with Crippen molar-refractivity contribution in [3.63, 3.8) is 0 Å². The molecule has 0 saturated carbocycles. The van der Waals surface area contributed by atoms with Crippen molar-refractivity contribution in [1.82, 2.24) is 19.3 Å². The molecule has 7 nitrogen and oxygen atoms in total. The van der Waals surface area contributed by atoms with Crippen molar-refractivity contribution in [2.24, 2.45) is 0 Å². The van der Waals surface area contributed by atoms with Gasteiger partial charge in [-0.1, -0.05) is 0 Å². The van der Waals surface area contributed by atoms with Crippen LogP contribution in [0.4, 0.5) is 4.79 Å². The molecule has 1 fully saturated rings. The minimum Gasteiger partial charge on any atom is -0.444 e. The van der Waals surface area contributed by atoms with E-state index in [1.165, 1.54) is 0 Å². The predicted molar refractivity (Wildman–Crippen MR) is 91.8 cm³/mol. The number of carbonyl (C=O) groups is 1. The van der Waals surface area contributed by atoms with E-state index in [0.29, 0.717) is 13.0 Å². The maximum absolute atomic E-state index is 12.6. The molecule has 0 spiro atoms. The van der Waals surface area contributed by atoms with E-state index in [4.69, 9.17) is 9.47 Å². The number of hydrogen-bond acceptors (Lipinski definition) is 5. The summed E-state index contributed by atoms with van der Waals surface area (Å²) in [4.78, 5) is 23.1. The van der Waals surface area contributed by atoms with Gasteiger partial charge in [-0.2, -0.15) is 0 Å². The van der Waals surface area contributed by atoms with Crippen LogP contribution in [0.5, 0.6) is 0 Å². The number of fused-ring (bicyclic) bond motifs is 1. The van der Waals surface area contributed by atoms with Crippen molar-refractivity contribution in [2.75, 3.05) is 13.7 Å². The van der Waals surface area contributed by atoms with Crippen LogP contribution < -0.4 is 0 Å². The monoisotopic (exact) mass is 396 g/mol. The molecule has 3 rings (SSSR count). The summed E-state index contributed by atoms with van der Waals surface area (Å²) in [6.07, 6.45) is 5.76. The molecule has 0 N–H and O–H groups in total. The van der Waals surface area contributed by atoms with Crippen LogP contribution in [0.2, 0.25) is 0 Å². The fourth-order valence-electron chi connectivity index (χ4n) is 2.83. The van der Waals surface area contributed by atoms with Gasteiger partial charge in [-0.05, 0) is 36.7 Å². The Labute approximate surface area is 149 Å². The van der Waals surface area contributed by atoms with E-state index in [2.05, 4.69) is 25.9 Å². The molecular formula is C16H21BrN4O3. The smallest absolute Gasteiger partial charge is 0.410 e. The van der Waals surface area contributed by atoms with E-state index in [0.717, 1.165) is 15.9 Å². The molecule has 1 aliphatic rings. The molecule has 1 unspecified atom stereocenters. The zero-order valence-electron chi connectivity index (χ0n) is 14.2. The Hall–Kier alpha value is -1.67. The predicted octanol–water partition coefficient (Wildman–Crippen LogP) is 3.19. The zero-order chi connectivity index (χ0) is 17.5. The number of rotatable bonds is 2. The molecule has 3 heterocycles. The van der Waals surface area contributed by atoms with E-state index in [-0.39, 0.29) is 18.2 Å². The lowest BCUT2D eigenvalue weighted by molar-refractivity contribution is 0.0192. The number of nitrogens with zero attached hydrogens (tertiary/aromatic N) is 4. The molecule has 24 heavy (non-hydrogen) atoms. The van der Waals surface area contributed by atoms with Gasteiger partial charge in [-0.15, -0.1) is 0 Å². The van der Waals surface area contributed by atoms with Gasteiger partial charge in [0.1, 0.15) is 10.2 Å². The van der Waals surface area contributed by atoms with Crippen LogP contribution in [0.15, 0.2) is 23.2 Å². The third kappa shape index (κ3) is 3.54. The minimum atomic E-state index is -0.541. The number of amides is 1. The molecule has 130 valence electrons. The molecular weight excluding hydrogens is 376 g/mol. The van der Waals surface area contributed by atoms with Crippen molar-refractivity contribution in [1.29, 1.82) is 0 Å². The summed E-state index contributed by atoms with van der Waals surface area (Å²) in [6, 6.07) is -0.177. The lowest BCUT2D eigenvalue weighted by atomic mass is 10.1. The molecule has 2 aromatic heterocycles. The quantitative estimate of drug-likeness (QED) is 0.779. The number of hydrogen-bond donors (Lipinski definition) is 0. The lowest BCUT2D eigenvalue weighted by Crippen LogP contribution is -2.37. The highest BCUT2D eigenvalue weighted by atomic mass is 79.9. The maximum atomic E-state index is 12.6. The number of ether oxygens (including phenoxy) is 2. The first-order valence-electron chi connectivity index (χ1n) is 7.79. The summed E-state index contributed by atoms with van der Waals surface area (Å²) in [6.45, 7) is 6.07. The molecule has 1 amide bonds. The molecule has 0 aromatic carbocycles. The summed E-state index contributed by atoms with van der Waals surface area (Å²) < 4.78 is 13.6. The summed E-state index contributed by atoms with van der Waals surface area (Å²) in [5, 5.41) is 0. The Morgan fingerprint density at radius 3 is 2.79 bits per heavy atom. The summed E-state index contributed by atoms with van der Waals surface area (Å²) in [5.41, 5.74) is 0.999. The van der Waals surface area contributed by atoms with Crippen LogP contribution in [0, 0.1) is 0 Å². The van der Waals surface area contributed by atoms with Gasteiger partial charge in [0.05, 0.1) is 30.6 Å². The van der Waals surface area contributed by atoms with Gasteiger partial charge in [0.15, 0.2) is 5.65 Å². The Kier molecular flexibility index (Phi) is 4.52. The summed E-state index contributed by atoms with van der Waals surface area (Å²) >= 11 is 3.35. The van der Waals surface area contributed by atoms with Crippen LogP contribution in [0.25, 0.3) is 5.65 Å². The van der Waals surface area contributed by atoms with E-state index >= 15 is 0 Å². The van der Waals surface area contributed by atoms with Crippen molar-refractivity contribution >= 4 is 27.7 Å². The zero-order valence-corrected chi connectivity index (χ0v) is 15.8. The van der Waals surface area contributed by atoms with E-state index in [1.807, 2.05) is 37.6 Å². The highest BCUT2D eigenvalue weighted by molar-refractivity contribution is 9.10. The molecule has 0 bridgehead atoms. The van der Waals surface area contributed by atoms with Gasteiger partial charge in [0.2, 0.25) is 0 Å². The topological polar surface area (TPSA) is 69.0 Å². The average molecular weight is 397 g/mol. The highest BCUT2D eigenvalue weighted by Gasteiger charge is 2.39. The fraction of sp³-hybridized carbons (Fsp3) is 0.562. The Morgan fingerprint density at radius 2 is 2.12 bits per heavy atom. The second-order valence-corrected chi connectivity index (χ2v) is 7.70. The van der Waals surface area contributed by atoms with Gasteiger partial charge in [0.25, 0.3) is 0 Å². The number of halogens is 1. The molecule has 0 aliphatic carbocycles. The summed E-state index contributed by atoms with van der Waals surface area (Å²) in [7, 11) is 1.66. The minimum absolute atomic E-state index is 0.0304. The molecule has 1 aliphatic heterocycles. The Morgan fingerprint density at radius 1 is 1.38 bits per heavy atom. The fourth-order valence-corrected chi connectivity index (χ4v) is 3.15. The third-order valence-electron chi connectivity index (χ3n) is 3.89. The summed E-state index contributed by atoms with van der Waals surface area (Å²) in [5.74, 6) is 0. The Bertz CT molecular complexity index is 755. The standard InChI is InChI=1S/C16H21BrN4O3/c1-16(2,3)24-15(22)21-7-10(23-4)5-12(21)11-8-20-9-13(17)18-6-14(20)19-11/h6,8-10,12H,5,7H2,1-4H3/t10-,12?/m1/s1. The number of methoxy groups -OCH3 is 1. The number of aromatic nitrogens is 3. The van der Waals surface area contributed by atoms with Crippen LogP contribution in [-0.2, 0) is 9.47 Å². The first-order chi connectivity index (χ1) is 11.3. The van der Waals surface area contributed by atoms with Gasteiger partial charge >= 0.3 is 6.09 Å². The molecule has 2 aromatic rings. The van der Waals surface area contributed by atoms with E-state index < -0.39 is 5.60 Å². The third-order valence-corrected chi connectivity index (χ3v) is 4.30. The number of imidazole rings is 1. The number of carbonyl (C=O) groups excluding carboxylic acids is 1.